The first-order valence-corrected chi connectivity index (χ1v) is 13.5. The lowest BCUT2D eigenvalue weighted by atomic mass is 9.68. The van der Waals surface area contributed by atoms with E-state index in [0.29, 0.717) is 18.3 Å². The van der Waals surface area contributed by atoms with Crippen molar-refractivity contribution in [2.45, 2.75) is 103 Å². The standard InChI is InChI=1S/C29H42O2/c1-2-3-20-4-6-21(7-5-20)22-8-10-23(11-9-22)24-14-16-27(17-15-24)31-29(30)19-26-18-28(26)25-12-13-25/h14-17,20-23,25-26,28H,2-13,18-19H2,1H3/t20?,21?,22?,23?,26-,28-/m0/s1. The Hall–Kier alpha value is -1.31. The Morgan fingerprint density at radius 1 is 0.839 bits per heavy atom. The van der Waals surface area contributed by atoms with Gasteiger partial charge in [-0.3, -0.25) is 4.79 Å². The molecule has 0 heterocycles. The Kier molecular flexibility index (Phi) is 6.72. The van der Waals surface area contributed by atoms with Crippen molar-refractivity contribution in [1.29, 1.82) is 0 Å². The molecule has 0 radical (unpaired) electrons. The second-order valence-electron chi connectivity index (χ2n) is 11.4. The van der Waals surface area contributed by atoms with Crippen LogP contribution in [-0.2, 0) is 4.79 Å². The van der Waals surface area contributed by atoms with E-state index < -0.39 is 0 Å². The Morgan fingerprint density at radius 3 is 2.06 bits per heavy atom. The summed E-state index contributed by atoms with van der Waals surface area (Å²) in [5, 5.41) is 0. The summed E-state index contributed by atoms with van der Waals surface area (Å²) in [6, 6.07) is 8.49. The minimum absolute atomic E-state index is 0.0323. The quantitative estimate of drug-likeness (QED) is 0.314. The molecule has 1 aromatic rings. The molecule has 0 spiro atoms. The van der Waals surface area contributed by atoms with Crippen molar-refractivity contribution in [2.75, 3.05) is 0 Å². The third-order valence-electron chi connectivity index (χ3n) is 9.24. The van der Waals surface area contributed by atoms with Crippen LogP contribution < -0.4 is 4.74 Å². The van der Waals surface area contributed by atoms with E-state index in [-0.39, 0.29) is 5.97 Å². The number of esters is 1. The number of rotatable bonds is 8. The molecular formula is C29H42O2. The van der Waals surface area contributed by atoms with Gasteiger partial charge in [-0.1, -0.05) is 44.7 Å². The van der Waals surface area contributed by atoms with Gasteiger partial charge in [-0.15, -0.1) is 0 Å². The lowest BCUT2D eigenvalue weighted by Crippen LogP contribution is -2.25. The van der Waals surface area contributed by atoms with E-state index in [0.717, 1.165) is 35.3 Å². The molecule has 0 aromatic heterocycles. The molecule has 5 rings (SSSR count). The second kappa shape index (κ2) is 9.67. The molecule has 0 amide bonds. The summed E-state index contributed by atoms with van der Waals surface area (Å²) in [6.45, 7) is 2.34. The molecule has 1 aromatic carbocycles. The minimum Gasteiger partial charge on any atom is -0.427 e. The van der Waals surface area contributed by atoms with Crippen LogP contribution in [0.2, 0.25) is 0 Å². The predicted molar refractivity (Wildman–Crippen MR) is 126 cm³/mol. The van der Waals surface area contributed by atoms with Crippen molar-refractivity contribution in [3.8, 4) is 5.75 Å². The van der Waals surface area contributed by atoms with Gasteiger partial charge in [-0.2, -0.15) is 0 Å². The zero-order chi connectivity index (χ0) is 21.2. The molecule has 0 bridgehead atoms. The third kappa shape index (κ3) is 5.55. The van der Waals surface area contributed by atoms with E-state index in [2.05, 4.69) is 19.1 Å². The van der Waals surface area contributed by atoms with Crippen LogP contribution in [0.4, 0.5) is 0 Å². The predicted octanol–water partition coefficient (Wildman–Crippen LogP) is 7.91. The van der Waals surface area contributed by atoms with Crippen LogP contribution in [0.15, 0.2) is 24.3 Å². The highest BCUT2D eigenvalue weighted by Crippen LogP contribution is 2.55. The average molecular weight is 423 g/mol. The molecule has 4 aliphatic rings. The molecule has 4 aliphatic carbocycles. The molecule has 31 heavy (non-hydrogen) atoms. The monoisotopic (exact) mass is 422 g/mol. The van der Waals surface area contributed by atoms with Gasteiger partial charge < -0.3 is 4.74 Å². The maximum Gasteiger partial charge on any atom is 0.311 e. The van der Waals surface area contributed by atoms with Gasteiger partial charge in [0.2, 0.25) is 0 Å². The van der Waals surface area contributed by atoms with Crippen molar-refractivity contribution < 1.29 is 9.53 Å². The Balaban J connectivity index is 1.04. The first-order valence-electron chi connectivity index (χ1n) is 13.5. The summed E-state index contributed by atoms with van der Waals surface area (Å²) in [5.74, 6) is 6.76. The van der Waals surface area contributed by atoms with Gasteiger partial charge in [0, 0.05) is 6.42 Å². The molecule has 2 nitrogen and oxygen atoms in total. The van der Waals surface area contributed by atoms with E-state index >= 15 is 0 Å². The van der Waals surface area contributed by atoms with E-state index in [9.17, 15) is 4.79 Å². The SMILES string of the molecule is CCCC1CCC(C2CCC(c3ccc(OC(=O)C[C@@H]4C[C@H]4C4CC4)cc3)CC2)CC1. The number of hydrogen-bond acceptors (Lipinski definition) is 2. The fraction of sp³-hybridized carbons (Fsp3) is 0.759. The van der Waals surface area contributed by atoms with Crippen molar-refractivity contribution in [3.63, 3.8) is 0 Å². The van der Waals surface area contributed by atoms with Crippen LogP contribution in [0.5, 0.6) is 5.75 Å². The largest absolute Gasteiger partial charge is 0.427 e. The maximum absolute atomic E-state index is 12.3. The van der Waals surface area contributed by atoms with Gasteiger partial charge >= 0.3 is 5.97 Å². The fourth-order valence-electron chi connectivity index (χ4n) is 7.08. The third-order valence-corrected chi connectivity index (χ3v) is 9.24. The van der Waals surface area contributed by atoms with Gasteiger partial charge in [0.15, 0.2) is 0 Å². The van der Waals surface area contributed by atoms with Crippen molar-refractivity contribution >= 4 is 5.97 Å². The summed E-state index contributed by atoms with van der Waals surface area (Å²) < 4.78 is 5.64. The second-order valence-corrected chi connectivity index (χ2v) is 11.4. The molecule has 170 valence electrons. The Labute approximate surface area is 189 Å². The molecule has 2 atom stereocenters. The number of carbonyl (C=O) groups is 1. The van der Waals surface area contributed by atoms with Gasteiger partial charge in [-0.05, 0) is 117 Å². The van der Waals surface area contributed by atoms with Crippen LogP contribution in [0, 0.1) is 35.5 Å². The van der Waals surface area contributed by atoms with E-state index in [1.165, 1.54) is 89.0 Å². The lowest BCUT2D eigenvalue weighted by Gasteiger charge is -2.38. The summed E-state index contributed by atoms with van der Waals surface area (Å²) in [5.41, 5.74) is 1.45. The molecule has 2 heteroatoms. The van der Waals surface area contributed by atoms with E-state index in [1.54, 1.807) is 0 Å². The smallest absolute Gasteiger partial charge is 0.311 e. The molecular weight excluding hydrogens is 380 g/mol. The number of carbonyl (C=O) groups excluding carboxylic acids is 1. The van der Waals surface area contributed by atoms with Gasteiger partial charge in [0.25, 0.3) is 0 Å². The summed E-state index contributed by atoms with van der Waals surface area (Å²) in [4.78, 5) is 12.3. The van der Waals surface area contributed by atoms with Gasteiger partial charge in [-0.25, -0.2) is 0 Å². The fourth-order valence-corrected chi connectivity index (χ4v) is 7.08. The molecule has 4 fully saturated rings. The summed E-state index contributed by atoms with van der Waals surface area (Å²) >= 11 is 0. The van der Waals surface area contributed by atoms with Crippen molar-refractivity contribution in [1.82, 2.24) is 0 Å². The molecule has 0 N–H and O–H groups in total. The summed E-state index contributed by atoms with van der Waals surface area (Å²) in [7, 11) is 0. The zero-order valence-electron chi connectivity index (χ0n) is 19.6. The average Bonchev–Trinajstić information content (AvgIpc) is 3.71. The Bertz CT molecular complexity index is 718. The van der Waals surface area contributed by atoms with Crippen LogP contribution in [0.1, 0.15) is 108 Å². The van der Waals surface area contributed by atoms with Gasteiger partial charge in [0.1, 0.15) is 5.75 Å². The first-order chi connectivity index (χ1) is 15.2. The van der Waals surface area contributed by atoms with Crippen LogP contribution in [-0.4, -0.2) is 5.97 Å². The van der Waals surface area contributed by atoms with Crippen molar-refractivity contribution in [2.24, 2.45) is 35.5 Å². The van der Waals surface area contributed by atoms with Crippen LogP contribution in [0.25, 0.3) is 0 Å². The number of benzene rings is 1. The Morgan fingerprint density at radius 2 is 1.45 bits per heavy atom. The molecule has 0 saturated heterocycles. The zero-order valence-corrected chi connectivity index (χ0v) is 19.6. The number of ether oxygens (including phenoxy) is 1. The number of hydrogen-bond donors (Lipinski definition) is 0. The van der Waals surface area contributed by atoms with Crippen LogP contribution >= 0.6 is 0 Å². The topological polar surface area (TPSA) is 26.3 Å². The van der Waals surface area contributed by atoms with Gasteiger partial charge in [0.05, 0.1) is 0 Å². The minimum atomic E-state index is -0.0323. The normalized spacial score (nSPS) is 35.5. The molecule has 0 aliphatic heterocycles. The summed E-state index contributed by atoms with van der Waals surface area (Å²) in [6.07, 6.45) is 18.9. The van der Waals surface area contributed by atoms with E-state index in [4.69, 9.17) is 4.74 Å². The van der Waals surface area contributed by atoms with E-state index in [1.807, 2.05) is 12.1 Å². The first kappa shape index (κ1) is 21.5. The molecule has 4 saturated carbocycles. The lowest BCUT2D eigenvalue weighted by molar-refractivity contribution is -0.134. The highest BCUT2D eigenvalue weighted by Gasteiger charge is 2.48. The van der Waals surface area contributed by atoms with Crippen molar-refractivity contribution in [3.05, 3.63) is 29.8 Å². The highest BCUT2D eigenvalue weighted by atomic mass is 16.5. The van der Waals surface area contributed by atoms with Crippen LogP contribution in [0.3, 0.4) is 0 Å². The highest BCUT2D eigenvalue weighted by molar-refractivity contribution is 5.73. The molecule has 0 unspecified atom stereocenters. The maximum atomic E-state index is 12.3.